The van der Waals surface area contributed by atoms with E-state index in [1.165, 1.54) is 17.3 Å². The van der Waals surface area contributed by atoms with Crippen LogP contribution in [0.15, 0.2) is 53.5 Å². The Hall–Kier alpha value is -2.07. The number of carbonyl (C=O) groups excluding carboxylic acids is 1. The predicted octanol–water partition coefficient (Wildman–Crippen LogP) is 3.41. The van der Waals surface area contributed by atoms with Crippen molar-refractivity contribution in [3.05, 3.63) is 64.7 Å². The lowest BCUT2D eigenvalue weighted by Gasteiger charge is -2.32. The molecule has 3 aliphatic heterocycles. The minimum atomic E-state index is -3.00. The number of amidine groups is 1. The summed E-state index contributed by atoms with van der Waals surface area (Å²) in [6.45, 7) is 2.83. The van der Waals surface area contributed by atoms with Crippen molar-refractivity contribution in [2.45, 2.75) is 36.7 Å². The molecule has 3 aliphatic rings. The topological polar surface area (TPSA) is 90.9 Å². The fourth-order valence-electron chi connectivity index (χ4n) is 4.64. The maximum atomic E-state index is 12.9. The molecule has 0 aromatic heterocycles. The number of fused-ring (bicyclic) bond motifs is 1. The van der Waals surface area contributed by atoms with Crippen LogP contribution < -0.4 is 10.6 Å². The van der Waals surface area contributed by atoms with Crippen LogP contribution >= 0.6 is 23.4 Å². The number of sulfone groups is 1. The van der Waals surface area contributed by atoms with Gasteiger partial charge in [0.25, 0.3) is 5.91 Å². The third-order valence-electron chi connectivity index (χ3n) is 6.46. The lowest BCUT2D eigenvalue weighted by molar-refractivity contribution is 0.0909. The van der Waals surface area contributed by atoms with Crippen LogP contribution in [-0.4, -0.2) is 66.3 Å². The average molecular weight is 519 g/mol. The van der Waals surface area contributed by atoms with Gasteiger partial charge < -0.3 is 10.6 Å². The van der Waals surface area contributed by atoms with Gasteiger partial charge in [0.1, 0.15) is 0 Å². The first kappa shape index (κ1) is 23.7. The second-order valence-corrected chi connectivity index (χ2v) is 12.9. The Morgan fingerprint density at radius 1 is 1.12 bits per heavy atom. The van der Waals surface area contributed by atoms with Crippen molar-refractivity contribution < 1.29 is 13.2 Å². The van der Waals surface area contributed by atoms with Crippen LogP contribution in [0.5, 0.6) is 0 Å². The van der Waals surface area contributed by atoms with Crippen LogP contribution in [0.3, 0.4) is 0 Å². The summed E-state index contributed by atoms with van der Waals surface area (Å²) in [6, 6.07) is 15.5. The first-order valence-corrected chi connectivity index (χ1v) is 14.5. The van der Waals surface area contributed by atoms with Gasteiger partial charge in [0.2, 0.25) is 0 Å². The van der Waals surface area contributed by atoms with Gasteiger partial charge in [-0.1, -0.05) is 53.7 Å². The number of aliphatic imine (C=N–C) groups is 1. The maximum absolute atomic E-state index is 12.9. The van der Waals surface area contributed by atoms with Gasteiger partial charge >= 0.3 is 0 Å². The number of anilines is 1. The molecule has 7 nitrogen and oxygen atoms in total. The normalized spacial score (nSPS) is 24.4. The number of hydrogen-bond donors (Lipinski definition) is 2. The molecular weight excluding hydrogens is 492 g/mol. The molecule has 2 atom stereocenters. The van der Waals surface area contributed by atoms with Crippen LogP contribution in [0.25, 0.3) is 0 Å². The molecule has 2 aromatic rings. The SMILES string of the molecule is O=C(NC1CCN(Cc2ccccc2)CC1)c1ccc(Cl)c(NC2=N[C@@H]3CS(=O)(=O)C[C@@H]3S2)c1. The van der Waals surface area contributed by atoms with Crippen molar-refractivity contribution in [2.75, 3.05) is 29.9 Å². The zero-order chi connectivity index (χ0) is 23.7. The fraction of sp³-hybridized carbons (Fsp3) is 0.417. The van der Waals surface area contributed by atoms with E-state index in [1.54, 1.807) is 18.2 Å². The largest absolute Gasteiger partial charge is 0.349 e. The van der Waals surface area contributed by atoms with Crippen molar-refractivity contribution in [1.29, 1.82) is 0 Å². The second-order valence-electron chi connectivity index (χ2n) is 9.06. The first-order valence-electron chi connectivity index (χ1n) is 11.4. The standard InChI is InChI=1S/C24H27ClN4O3S2/c25-19-7-6-17(12-20(19)27-24-28-21-14-34(31,32)15-22(21)33-24)23(30)26-18-8-10-29(11-9-18)13-16-4-2-1-3-5-16/h1-7,12,18,21-22H,8-11,13-15H2,(H,26,30)(H,27,28)/t21-,22+/m1/s1. The highest BCUT2D eigenvalue weighted by molar-refractivity contribution is 8.15. The summed E-state index contributed by atoms with van der Waals surface area (Å²) in [5.41, 5.74) is 2.44. The number of amides is 1. The molecule has 0 spiro atoms. The number of carbonyl (C=O) groups is 1. The van der Waals surface area contributed by atoms with E-state index >= 15 is 0 Å². The van der Waals surface area contributed by atoms with Gasteiger partial charge in [-0.3, -0.25) is 14.7 Å². The monoisotopic (exact) mass is 518 g/mol. The van der Waals surface area contributed by atoms with Crippen LogP contribution in [-0.2, 0) is 16.4 Å². The summed E-state index contributed by atoms with van der Waals surface area (Å²) >= 11 is 7.79. The van der Waals surface area contributed by atoms with Crippen molar-refractivity contribution in [3.8, 4) is 0 Å². The molecule has 0 radical (unpaired) electrons. The van der Waals surface area contributed by atoms with E-state index in [2.05, 4.69) is 44.8 Å². The number of halogens is 1. The van der Waals surface area contributed by atoms with Crippen molar-refractivity contribution in [1.82, 2.24) is 10.2 Å². The number of benzene rings is 2. The van der Waals surface area contributed by atoms with E-state index < -0.39 is 9.84 Å². The third-order valence-corrected chi connectivity index (χ3v) is 9.93. The Bertz CT molecular complexity index is 1200. The minimum absolute atomic E-state index is 0.0504. The van der Waals surface area contributed by atoms with Gasteiger partial charge in [0.05, 0.1) is 28.3 Å². The average Bonchev–Trinajstić information content (AvgIpc) is 3.29. The Morgan fingerprint density at radius 3 is 2.62 bits per heavy atom. The minimum Gasteiger partial charge on any atom is -0.349 e. The molecule has 2 saturated heterocycles. The Labute approximate surface area is 209 Å². The van der Waals surface area contributed by atoms with E-state index in [0.29, 0.717) is 21.4 Å². The molecule has 180 valence electrons. The molecule has 0 unspecified atom stereocenters. The predicted molar refractivity (Wildman–Crippen MR) is 139 cm³/mol. The molecule has 0 saturated carbocycles. The Kier molecular flexibility index (Phi) is 6.88. The summed E-state index contributed by atoms with van der Waals surface area (Å²) in [5.74, 6) is 0.123. The molecule has 3 heterocycles. The Morgan fingerprint density at radius 2 is 1.88 bits per heavy atom. The van der Waals surface area contributed by atoms with Gasteiger partial charge in [-0.25, -0.2) is 8.42 Å². The molecule has 2 aromatic carbocycles. The molecule has 0 aliphatic carbocycles. The van der Waals surface area contributed by atoms with Crippen LogP contribution in [0, 0.1) is 0 Å². The fourth-order valence-corrected chi connectivity index (χ4v) is 8.47. The zero-order valence-corrected chi connectivity index (χ0v) is 21.0. The molecular formula is C24H27ClN4O3S2. The molecule has 0 bridgehead atoms. The summed E-state index contributed by atoms with van der Waals surface area (Å²) in [7, 11) is -3.00. The van der Waals surface area contributed by atoms with E-state index in [4.69, 9.17) is 11.6 Å². The molecule has 1 amide bonds. The van der Waals surface area contributed by atoms with Gasteiger partial charge in [0, 0.05) is 36.5 Å². The molecule has 5 rings (SSSR count). The first-order chi connectivity index (χ1) is 16.3. The number of thioether (sulfide) groups is 1. The van der Waals surface area contributed by atoms with Crippen LogP contribution in [0.4, 0.5) is 5.69 Å². The zero-order valence-electron chi connectivity index (χ0n) is 18.6. The van der Waals surface area contributed by atoms with Crippen molar-refractivity contribution >= 4 is 50.0 Å². The van der Waals surface area contributed by atoms with E-state index in [-0.39, 0.29) is 34.7 Å². The van der Waals surface area contributed by atoms with E-state index in [0.717, 1.165) is 32.5 Å². The number of piperidine rings is 1. The molecule has 34 heavy (non-hydrogen) atoms. The smallest absolute Gasteiger partial charge is 0.251 e. The van der Waals surface area contributed by atoms with E-state index in [9.17, 15) is 13.2 Å². The summed E-state index contributed by atoms with van der Waals surface area (Å²) in [5, 5.41) is 7.44. The summed E-state index contributed by atoms with van der Waals surface area (Å²) in [6.07, 6.45) is 1.83. The van der Waals surface area contributed by atoms with Gasteiger partial charge in [0.15, 0.2) is 15.0 Å². The third kappa shape index (κ3) is 5.59. The lowest BCUT2D eigenvalue weighted by Crippen LogP contribution is -2.44. The number of nitrogens with zero attached hydrogens (tertiary/aromatic N) is 2. The number of rotatable bonds is 5. The van der Waals surface area contributed by atoms with Crippen molar-refractivity contribution in [2.24, 2.45) is 4.99 Å². The quantitative estimate of drug-likeness (QED) is 0.630. The summed E-state index contributed by atoms with van der Waals surface area (Å²) < 4.78 is 23.6. The summed E-state index contributed by atoms with van der Waals surface area (Å²) in [4.78, 5) is 19.9. The maximum Gasteiger partial charge on any atom is 0.251 e. The molecule has 2 fully saturated rings. The van der Waals surface area contributed by atoms with Crippen LogP contribution in [0.1, 0.15) is 28.8 Å². The van der Waals surface area contributed by atoms with Crippen LogP contribution in [0.2, 0.25) is 5.02 Å². The van der Waals surface area contributed by atoms with Gasteiger partial charge in [-0.05, 0) is 36.6 Å². The number of nitrogens with one attached hydrogen (secondary N) is 2. The van der Waals surface area contributed by atoms with Gasteiger partial charge in [-0.15, -0.1) is 0 Å². The highest BCUT2D eigenvalue weighted by atomic mass is 35.5. The molecule has 2 N–H and O–H groups in total. The highest BCUT2D eigenvalue weighted by Gasteiger charge is 2.42. The highest BCUT2D eigenvalue weighted by Crippen LogP contribution is 2.35. The van der Waals surface area contributed by atoms with E-state index in [1.807, 2.05) is 6.07 Å². The molecule has 10 heteroatoms. The number of likely N-dealkylation sites (tertiary alicyclic amines) is 1. The lowest BCUT2D eigenvalue weighted by atomic mass is 10.0. The van der Waals surface area contributed by atoms with Gasteiger partial charge in [-0.2, -0.15) is 0 Å². The Balaban J connectivity index is 1.16. The number of hydrogen-bond acceptors (Lipinski definition) is 7. The second kappa shape index (κ2) is 9.89. The van der Waals surface area contributed by atoms with Crippen molar-refractivity contribution in [3.63, 3.8) is 0 Å².